The lowest BCUT2D eigenvalue weighted by molar-refractivity contribution is -0.496. The Balaban J connectivity index is 3.55. The van der Waals surface area contributed by atoms with Crippen LogP contribution in [0.5, 0.6) is 0 Å². The molecule has 0 fully saturated rings. The van der Waals surface area contributed by atoms with E-state index in [-0.39, 0.29) is 0 Å². The lowest BCUT2D eigenvalue weighted by Crippen LogP contribution is -2.38. The monoisotopic (exact) mass is 349 g/mol. The Hall–Kier alpha value is -1.34. The first-order chi connectivity index (χ1) is 10.5. The summed E-state index contributed by atoms with van der Waals surface area (Å²) in [6, 6.07) is 4.86. The highest BCUT2D eigenvalue weighted by Gasteiger charge is 2.57. The lowest BCUT2D eigenvalue weighted by atomic mass is 10.1. The van der Waals surface area contributed by atoms with E-state index in [0.717, 1.165) is 12.1 Å². The predicted molar refractivity (Wildman–Crippen MR) is 82.2 cm³/mol. The molecule has 7 nitrogen and oxygen atoms in total. The van der Waals surface area contributed by atoms with E-state index in [9.17, 15) is 24.2 Å². The molecule has 1 N–H and O–H groups in total. The van der Waals surface area contributed by atoms with Crippen LogP contribution in [0.15, 0.2) is 24.3 Å². The van der Waals surface area contributed by atoms with Crippen LogP contribution in [0.1, 0.15) is 33.3 Å². The minimum atomic E-state index is -4.48. The van der Waals surface area contributed by atoms with Crippen molar-refractivity contribution in [3.05, 3.63) is 45.8 Å². The van der Waals surface area contributed by atoms with Gasteiger partial charge in [0.05, 0.1) is 12.2 Å². The average Bonchev–Trinajstić information content (AvgIpc) is 2.35. The first-order valence-corrected chi connectivity index (χ1v) is 8.62. The van der Waals surface area contributed by atoms with Gasteiger partial charge in [0.25, 0.3) is 5.34 Å². The van der Waals surface area contributed by atoms with Crippen molar-refractivity contribution in [2.75, 3.05) is 6.54 Å². The zero-order valence-electron chi connectivity index (χ0n) is 13.4. The van der Waals surface area contributed by atoms with Crippen molar-refractivity contribution in [2.45, 2.75) is 45.2 Å². The summed E-state index contributed by atoms with van der Waals surface area (Å²) in [7, 11) is -4.48. The van der Waals surface area contributed by atoms with E-state index in [1.807, 2.05) is 0 Å². The van der Waals surface area contributed by atoms with Crippen LogP contribution in [0.25, 0.3) is 0 Å². The third kappa shape index (κ3) is 4.57. The average molecular weight is 349 g/mol. The van der Waals surface area contributed by atoms with Gasteiger partial charge in [-0.15, -0.1) is 0 Å². The second-order valence-corrected chi connectivity index (χ2v) is 7.75. The quantitative estimate of drug-likeness (QED) is 0.439. The Morgan fingerprint density at radius 2 is 1.74 bits per heavy atom. The summed E-state index contributed by atoms with van der Waals surface area (Å²) in [6.07, 6.45) is -1.32. The van der Waals surface area contributed by atoms with Crippen LogP contribution < -0.4 is 0 Å². The second kappa shape index (κ2) is 7.49. The van der Waals surface area contributed by atoms with Gasteiger partial charge in [-0.05, 0) is 33.8 Å². The van der Waals surface area contributed by atoms with Crippen LogP contribution in [0.4, 0.5) is 4.39 Å². The van der Waals surface area contributed by atoms with E-state index in [2.05, 4.69) is 0 Å². The van der Waals surface area contributed by atoms with Crippen LogP contribution in [0.2, 0.25) is 0 Å². The number of nitro groups is 1. The molecule has 1 aromatic carbocycles. The summed E-state index contributed by atoms with van der Waals surface area (Å²) < 4.78 is 37.8. The van der Waals surface area contributed by atoms with Crippen molar-refractivity contribution in [3.63, 3.8) is 0 Å². The van der Waals surface area contributed by atoms with Crippen molar-refractivity contribution >= 4 is 7.60 Å². The van der Waals surface area contributed by atoms with Crippen LogP contribution in [-0.2, 0) is 19.0 Å². The fraction of sp³-hybridized carbons (Fsp3) is 0.571. The molecule has 1 atom stereocenters. The van der Waals surface area contributed by atoms with E-state index < -0.39 is 48.0 Å². The summed E-state index contributed by atoms with van der Waals surface area (Å²) in [5, 5.41) is 19.1. The molecule has 0 aromatic heterocycles. The number of benzene rings is 1. The summed E-state index contributed by atoms with van der Waals surface area (Å²) in [4.78, 5) is 10.1. The molecule has 0 radical (unpaired) electrons. The summed E-state index contributed by atoms with van der Waals surface area (Å²) in [5.74, 6) is -0.934. The predicted octanol–water partition coefficient (Wildman–Crippen LogP) is 3.29. The van der Waals surface area contributed by atoms with E-state index in [1.54, 1.807) is 0 Å². The van der Waals surface area contributed by atoms with Crippen molar-refractivity contribution in [3.8, 4) is 0 Å². The van der Waals surface area contributed by atoms with Crippen LogP contribution in [0.3, 0.4) is 0 Å². The van der Waals surface area contributed by atoms with E-state index in [4.69, 9.17) is 9.05 Å². The van der Waals surface area contributed by atoms with Crippen molar-refractivity contribution in [1.82, 2.24) is 0 Å². The molecular formula is C14H21FNO6P. The van der Waals surface area contributed by atoms with Gasteiger partial charge >= 0.3 is 7.60 Å². The van der Waals surface area contributed by atoms with Gasteiger partial charge in [0.2, 0.25) is 6.54 Å². The standard InChI is InChI=1S/C14H21FNO6P/c1-10(2)21-23(20,22-11(3)4)14(17,9-16(18)19)12-7-5-6-8-13(12)15/h5-8,10-11,17H,9H2,1-4H3. The maximum absolute atomic E-state index is 14.1. The topological polar surface area (TPSA) is 98.9 Å². The van der Waals surface area contributed by atoms with Crippen LogP contribution in [-0.4, -0.2) is 28.8 Å². The first-order valence-electron chi connectivity index (χ1n) is 7.08. The molecule has 0 spiro atoms. The van der Waals surface area contributed by atoms with E-state index in [0.29, 0.717) is 0 Å². The summed E-state index contributed by atoms with van der Waals surface area (Å²) in [6.45, 7) is 4.91. The molecule has 130 valence electrons. The zero-order valence-corrected chi connectivity index (χ0v) is 14.3. The Bertz CT molecular complexity index is 595. The Morgan fingerprint density at radius 1 is 1.26 bits per heavy atom. The largest absolute Gasteiger partial charge is 0.374 e. The number of hydrogen-bond donors (Lipinski definition) is 1. The second-order valence-electron chi connectivity index (χ2n) is 5.59. The number of nitrogens with zero attached hydrogens (tertiary/aromatic N) is 1. The molecule has 0 bridgehead atoms. The van der Waals surface area contributed by atoms with Gasteiger partial charge in [-0.1, -0.05) is 18.2 Å². The van der Waals surface area contributed by atoms with Gasteiger partial charge in [-0.25, -0.2) is 4.39 Å². The number of aliphatic hydroxyl groups is 1. The number of halogens is 1. The van der Waals surface area contributed by atoms with Gasteiger partial charge in [-0.3, -0.25) is 14.7 Å². The molecule has 0 saturated carbocycles. The molecule has 9 heteroatoms. The number of hydrogen-bond acceptors (Lipinski definition) is 6. The van der Waals surface area contributed by atoms with Gasteiger partial charge in [0, 0.05) is 10.5 Å². The van der Waals surface area contributed by atoms with Crippen molar-refractivity contribution in [2.24, 2.45) is 0 Å². The van der Waals surface area contributed by atoms with Gasteiger partial charge in [0.1, 0.15) is 5.82 Å². The van der Waals surface area contributed by atoms with Gasteiger partial charge in [-0.2, -0.15) is 0 Å². The van der Waals surface area contributed by atoms with Gasteiger partial charge in [0.15, 0.2) is 0 Å². The molecule has 0 heterocycles. The third-order valence-corrected chi connectivity index (χ3v) is 5.49. The Morgan fingerprint density at radius 3 is 2.13 bits per heavy atom. The lowest BCUT2D eigenvalue weighted by Gasteiger charge is -2.34. The van der Waals surface area contributed by atoms with Gasteiger partial charge < -0.3 is 14.2 Å². The maximum Gasteiger partial charge on any atom is 0.374 e. The maximum atomic E-state index is 14.1. The third-order valence-electron chi connectivity index (χ3n) is 2.81. The minimum absolute atomic E-state index is 0.499. The smallest absolute Gasteiger partial charge is 0.368 e. The molecule has 0 aliphatic rings. The van der Waals surface area contributed by atoms with Crippen LogP contribution in [0, 0.1) is 15.9 Å². The van der Waals surface area contributed by atoms with Crippen molar-refractivity contribution in [1.29, 1.82) is 0 Å². The summed E-state index contributed by atoms with van der Waals surface area (Å²) >= 11 is 0. The van der Waals surface area contributed by atoms with E-state index in [1.165, 1.54) is 39.8 Å². The highest BCUT2D eigenvalue weighted by atomic mass is 31.2. The fourth-order valence-corrected chi connectivity index (χ4v) is 4.31. The minimum Gasteiger partial charge on any atom is -0.368 e. The molecule has 0 amide bonds. The van der Waals surface area contributed by atoms with Crippen molar-refractivity contribution < 1.29 is 28.0 Å². The molecule has 1 aromatic rings. The van der Waals surface area contributed by atoms with E-state index >= 15 is 0 Å². The highest BCUT2D eigenvalue weighted by molar-refractivity contribution is 7.55. The van der Waals surface area contributed by atoms with Crippen LogP contribution >= 0.6 is 7.60 Å². The Kier molecular flexibility index (Phi) is 6.41. The molecule has 0 aliphatic heterocycles. The zero-order chi connectivity index (χ0) is 17.8. The highest BCUT2D eigenvalue weighted by Crippen LogP contribution is 2.65. The molecule has 1 unspecified atom stereocenters. The summed E-state index contributed by atoms with van der Waals surface area (Å²) in [5.41, 5.74) is -0.499. The normalized spacial score (nSPS) is 15.0. The first kappa shape index (κ1) is 19.7. The SMILES string of the molecule is CC(C)OP(=O)(OC(C)C)C(O)(C[N+](=O)[O-])c1ccccc1F. The fourth-order valence-electron chi connectivity index (χ4n) is 2.04. The molecule has 1 rings (SSSR count). The molecule has 0 saturated heterocycles. The number of rotatable bonds is 8. The molecule has 0 aliphatic carbocycles. The molecular weight excluding hydrogens is 328 g/mol. The Labute approximate surface area is 134 Å². The molecule has 23 heavy (non-hydrogen) atoms.